The number of hydrogen-bond donors (Lipinski definition) is 1. The third-order valence-electron chi connectivity index (χ3n) is 1.32. The first-order valence-electron chi connectivity index (χ1n) is 2.85. The van der Waals surface area contributed by atoms with Crippen molar-refractivity contribution in [1.82, 2.24) is 4.98 Å². The van der Waals surface area contributed by atoms with E-state index in [1.807, 2.05) is 6.20 Å². The maximum absolute atomic E-state index is 3.20. The Labute approximate surface area is 64.8 Å². The molecule has 2 heterocycles. The molecule has 0 saturated carbocycles. The van der Waals surface area contributed by atoms with Gasteiger partial charge in [0.25, 0.3) is 0 Å². The molecule has 1 aliphatic rings. The molecule has 0 bridgehead atoms. The van der Waals surface area contributed by atoms with Crippen molar-refractivity contribution in [2.24, 2.45) is 0 Å². The van der Waals surface area contributed by atoms with Crippen molar-refractivity contribution < 1.29 is 0 Å². The van der Waals surface area contributed by atoms with Crippen LogP contribution in [0.4, 0.5) is 0 Å². The Kier molecular flexibility index (Phi) is 1.35. The summed E-state index contributed by atoms with van der Waals surface area (Å²) >= 11 is -0.381. The van der Waals surface area contributed by atoms with E-state index in [1.54, 1.807) is 3.27 Å². The van der Waals surface area contributed by atoms with Crippen LogP contribution in [-0.4, -0.2) is 31.4 Å². The number of nitrogens with one attached hydrogen (secondary N) is 1. The van der Waals surface area contributed by atoms with Crippen molar-refractivity contribution in [2.75, 3.05) is 0 Å². The van der Waals surface area contributed by atoms with E-state index in [9.17, 15) is 0 Å². The Morgan fingerprint density at radius 2 is 2.44 bits per heavy atom. The van der Waals surface area contributed by atoms with Gasteiger partial charge >= 0.3 is 64.8 Å². The Balaban J connectivity index is 2.68. The summed E-state index contributed by atoms with van der Waals surface area (Å²) in [6.45, 7) is 0. The van der Waals surface area contributed by atoms with Crippen molar-refractivity contribution in [2.45, 2.75) is 0 Å². The first-order chi connectivity index (χ1) is 4.47. The number of hydrogen-bond acceptors (Lipinski definition) is 0. The van der Waals surface area contributed by atoms with Gasteiger partial charge in [-0.15, -0.1) is 0 Å². The summed E-state index contributed by atoms with van der Waals surface area (Å²) in [4.78, 5) is 3.20. The normalized spacial score (nSPS) is 13.8. The van der Waals surface area contributed by atoms with E-state index in [2.05, 4.69) is 26.9 Å². The summed E-state index contributed by atoms with van der Waals surface area (Å²) in [5.74, 6) is 0. The van der Waals surface area contributed by atoms with Gasteiger partial charge in [0.05, 0.1) is 0 Å². The third kappa shape index (κ3) is 0.921. The predicted molar refractivity (Wildman–Crippen MR) is 41.3 cm³/mol. The van der Waals surface area contributed by atoms with Gasteiger partial charge in [-0.3, -0.25) is 0 Å². The van der Waals surface area contributed by atoms with E-state index in [-0.39, 0.29) is 22.8 Å². The van der Waals surface area contributed by atoms with E-state index < -0.39 is 0 Å². The number of aromatic amines is 1. The van der Waals surface area contributed by atoms with Crippen molar-refractivity contribution in [3.05, 3.63) is 24.0 Å². The van der Waals surface area contributed by atoms with Gasteiger partial charge in [0.1, 0.15) is 0 Å². The molecule has 1 aromatic rings. The molecule has 1 aromatic heterocycles. The van der Waals surface area contributed by atoms with Crippen LogP contribution in [0, 0.1) is 0 Å². The van der Waals surface area contributed by atoms with Crippen LogP contribution in [0.15, 0.2) is 18.3 Å². The SMILES string of the molecule is C1=Cc2[nH]cc[c]2[Bi]=[CH]1. The minimum absolute atomic E-state index is 0.381. The van der Waals surface area contributed by atoms with E-state index in [4.69, 9.17) is 0 Å². The molecule has 0 aliphatic carbocycles. The fraction of sp³-hybridized carbons (Fsp3) is 0. The molecule has 1 nitrogen and oxygen atoms in total. The van der Waals surface area contributed by atoms with Crippen LogP contribution >= 0.6 is 0 Å². The van der Waals surface area contributed by atoms with Crippen molar-refractivity contribution in [3.63, 3.8) is 0 Å². The predicted octanol–water partition coefficient (Wildman–Crippen LogP) is 0.173. The summed E-state index contributed by atoms with van der Waals surface area (Å²) in [6.07, 6.45) is 6.33. The fourth-order valence-corrected chi connectivity index (χ4v) is 3.88. The second-order valence-corrected chi connectivity index (χ2v) is 5.95. The average Bonchev–Trinajstić information content (AvgIpc) is 2.33. The molecule has 0 radical (unpaired) electrons. The van der Waals surface area contributed by atoms with Crippen LogP contribution in [0.2, 0.25) is 0 Å². The second kappa shape index (κ2) is 2.19. The molecule has 0 saturated heterocycles. The van der Waals surface area contributed by atoms with Gasteiger partial charge in [-0.05, 0) is 0 Å². The first-order valence-corrected chi connectivity index (χ1v) is 6.59. The van der Waals surface area contributed by atoms with E-state index in [0.717, 1.165) is 0 Å². The summed E-state index contributed by atoms with van der Waals surface area (Å²) < 4.78 is 3.92. The molecule has 9 heavy (non-hydrogen) atoms. The van der Waals surface area contributed by atoms with E-state index in [1.165, 1.54) is 5.69 Å². The fourth-order valence-electron chi connectivity index (χ4n) is 0.883. The number of H-pyrrole nitrogens is 1. The van der Waals surface area contributed by atoms with Crippen LogP contribution in [0.1, 0.15) is 5.69 Å². The monoisotopic (exact) mass is 313 g/mol. The van der Waals surface area contributed by atoms with Crippen molar-refractivity contribution in [1.29, 1.82) is 0 Å². The Morgan fingerprint density at radius 3 is 3.33 bits per heavy atom. The molecule has 0 unspecified atom stereocenters. The zero-order chi connectivity index (χ0) is 6.10. The average molecular weight is 313 g/mol. The molecule has 0 atom stereocenters. The maximum atomic E-state index is 3.20. The molecular weight excluding hydrogens is 307 g/mol. The van der Waals surface area contributed by atoms with Crippen LogP contribution in [-0.2, 0) is 0 Å². The van der Waals surface area contributed by atoms with Crippen LogP contribution < -0.4 is 3.27 Å². The van der Waals surface area contributed by atoms with Crippen LogP contribution in [0.25, 0.3) is 6.08 Å². The quantitative estimate of drug-likeness (QED) is 0.658. The topological polar surface area (TPSA) is 15.8 Å². The minimum atomic E-state index is -0.381. The molecule has 0 spiro atoms. The standard InChI is InChI=1S/C7H6N.Bi/c1-2-4-7-5-3-6-8-7;/h1-4,6,8H;. The molecule has 44 valence electrons. The molecule has 1 aliphatic heterocycles. The Morgan fingerprint density at radius 1 is 1.44 bits per heavy atom. The molecule has 2 rings (SSSR count). The van der Waals surface area contributed by atoms with E-state index in [0.29, 0.717) is 0 Å². The summed E-state index contributed by atoms with van der Waals surface area (Å²) in [5.41, 5.74) is 1.34. The summed E-state index contributed by atoms with van der Waals surface area (Å²) in [5, 5.41) is 0. The van der Waals surface area contributed by atoms with Crippen LogP contribution in [0.5, 0.6) is 0 Å². The first kappa shape index (κ1) is 5.55. The van der Waals surface area contributed by atoms with Gasteiger partial charge in [-0.25, -0.2) is 0 Å². The van der Waals surface area contributed by atoms with Gasteiger partial charge in [0.2, 0.25) is 0 Å². The zero-order valence-corrected chi connectivity index (χ0v) is 8.31. The van der Waals surface area contributed by atoms with Gasteiger partial charge in [0, 0.05) is 0 Å². The number of allylic oxidation sites excluding steroid dienone is 1. The van der Waals surface area contributed by atoms with Gasteiger partial charge < -0.3 is 0 Å². The molecule has 1 N–H and O–H groups in total. The molecular formula is C7H6BiN. The van der Waals surface area contributed by atoms with Crippen LogP contribution in [0.3, 0.4) is 0 Å². The third-order valence-corrected chi connectivity index (χ3v) is 5.16. The van der Waals surface area contributed by atoms with E-state index >= 15 is 0 Å². The molecule has 0 fully saturated rings. The van der Waals surface area contributed by atoms with Crippen molar-refractivity contribution in [3.8, 4) is 0 Å². The van der Waals surface area contributed by atoms with Gasteiger partial charge in [-0.1, -0.05) is 0 Å². The Hall–Kier alpha value is -0.227. The summed E-state index contributed by atoms with van der Waals surface area (Å²) in [6, 6.07) is 2.20. The van der Waals surface area contributed by atoms with Gasteiger partial charge in [0.15, 0.2) is 0 Å². The molecule has 0 aromatic carbocycles. The Bertz CT molecular complexity index is 244. The second-order valence-electron chi connectivity index (χ2n) is 1.91. The van der Waals surface area contributed by atoms with Gasteiger partial charge in [-0.2, -0.15) is 0 Å². The molecule has 2 heteroatoms. The molecule has 0 amide bonds. The van der Waals surface area contributed by atoms with Crippen molar-refractivity contribution >= 4 is 35.8 Å². The summed E-state index contributed by atoms with van der Waals surface area (Å²) in [7, 11) is 0. The number of aromatic nitrogens is 1. The zero-order valence-electron chi connectivity index (χ0n) is 4.83. The number of rotatable bonds is 0. The number of fused-ring (bicyclic) bond motifs is 1.